The van der Waals surface area contributed by atoms with Crippen LogP contribution in [0.1, 0.15) is 24.2 Å². The Labute approximate surface area is 78.7 Å². The van der Waals surface area contributed by atoms with Gasteiger partial charge in [0.1, 0.15) is 0 Å². The fourth-order valence-corrected chi connectivity index (χ4v) is 1.86. The first-order chi connectivity index (χ1) is 6.29. The molecule has 0 spiro atoms. The molecule has 1 aromatic rings. The van der Waals surface area contributed by atoms with Crippen LogP contribution < -0.4 is 5.73 Å². The second kappa shape index (κ2) is 3.48. The van der Waals surface area contributed by atoms with Gasteiger partial charge < -0.3 is 10.5 Å². The molecule has 0 aliphatic carbocycles. The molecule has 0 fully saturated rings. The Bertz CT molecular complexity index is 296. The van der Waals surface area contributed by atoms with E-state index in [2.05, 4.69) is 18.2 Å². The fourth-order valence-electron chi connectivity index (χ4n) is 1.86. The highest BCUT2D eigenvalue weighted by Gasteiger charge is 2.22. The molecule has 1 unspecified atom stereocenters. The van der Waals surface area contributed by atoms with E-state index >= 15 is 0 Å². The van der Waals surface area contributed by atoms with Crippen molar-refractivity contribution >= 4 is 0 Å². The first-order valence-electron chi connectivity index (χ1n) is 4.74. The van der Waals surface area contributed by atoms with Gasteiger partial charge in [-0.2, -0.15) is 0 Å². The van der Waals surface area contributed by atoms with Gasteiger partial charge in [-0.25, -0.2) is 0 Å². The summed E-state index contributed by atoms with van der Waals surface area (Å²) in [6.45, 7) is 2.79. The van der Waals surface area contributed by atoms with E-state index < -0.39 is 0 Å². The van der Waals surface area contributed by atoms with E-state index in [9.17, 15) is 0 Å². The van der Waals surface area contributed by atoms with Crippen LogP contribution in [0.2, 0.25) is 0 Å². The maximum Gasteiger partial charge on any atom is 0.0975 e. The molecule has 13 heavy (non-hydrogen) atoms. The largest absolute Gasteiger partial charge is 0.372 e. The van der Waals surface area contributed by atoms with E-state index in [1.807, 2.05) is 13.0 Å². The van der Waals surface area contributed by atoms with Crippen molar-refractivity contribution in [3.05, 3.63) is 35.4 Å². The van der Waals surface area contributed by atoms with Crippen molar-refractivity contribution < 1.29 is 4.74 Å². The van der Waals surface area contributed by atoms with Gasteiger partial charge in [0, 0.05) is 6.04 Å². The molecule has 70 valence electrons. The van der Waals surface area contributed by atoms with Crippen molar-refractivity contribution in [2.45, 2.75) is 25.5 Å². The third-order valence-corrected chi connectivity index (χ3v) is 2.51. The van der Waals surface area contributed by atoms with Crippen molar-refractivity contribution in [1.29, 1.82) is 0 Å². The van der Waals surface area contributed by atoms with Crippen LogP contribution in [0, 0.1) is 0 Å². The summed E-state index contributed by atoms with van der Waals surface area (Å²) in [6.07, 6.45) is 1.10. The van der Waals surface area contributed by atoms with Gasteiger partial charge in [-0.05, 0) is 24.5 Å². The van der Waals surface area contributed by atoms with Gasteiger partial charge >= 0.3 is 0 Å². The average molecular weight is 177 g/mol. The molecule has 0 bridgehead atoms. The lowest BCUT2D eigenvalue weighted by molar-refractivity contribution is 0.0285. The smallest absolute Gasteiger partial charge is 0.0975 e. The van der Waals surface area contributed by atoms with E-state index in [4.69, 9.17) is 10.5 Å². The molecule has 2 heteroatoms. The van der Waals surface area contributed by atoms with Crippen molar-refractivity contribution in [2.24, 2.45) is 5.73 Å². The van der Waals surface area contributed by atoms with Gasteiger partial charge in [-0.3, -0.25) is 0 Å². The van der Waals surface area contributed by atoms with Crippen molar-refractivity contribution in [3.8, 4) is 0 Å². The topological polar surface area (TPSA) is 35.2 Å². The van der Waals surface area contributed by atoms with Gasteiger partial charge in [0.05, 0.1) is 12.7 Å². The molecule has 0 amide bonds. The lowest BCUT2D eigenvalue weighted by atomic mass is 9.94. The van der Waals surface area contributed by atoms with E-state index in [-0.39, 0.29) is 12.1 Å². The molecular weight excluding hydrogens is 162 g/mol. The molecule has 1 aliphatic heterocycles. The second-order valence-electron chi connectivity index (χ2n) is 3.60. The van der Waals surface area contributed by atoms with Gasteiger partial charge in [0.2, 0.25) is 0 Å². The molecule has 1 aromatic carbocycles. The minimum atomic E-state index is 0.0708. The summed E-state index contributed by atoms with van der Waals surface area (Å²) in [7, 11) is 0. The van der Waals surface area contributed by atoms with Crippen molar-refractivity contribution in [1.82, 2.24) is 0 Å². The fraction of sp³-hybridized carbons (Fsp3) is 0.455. The van der Waals surface area contributed by atoms with Crippen LogP contribution in [0.25, 0.3) is 0 Å². The maximum absolute atomic E-state index is 5.86. The molecule has 0 radical (unpaired) electrons. The summed E-state index contributed by atoms with van der Waals surface area (Å²) in [5, 5.41) is 0. The monoisotopic (exact) mass is 177 g/mol. The second-order valence-corrected chi connectivity index (χ2v) is 3.60. The third kappa shape index (κ3) is 1.60. The summed E-state index contributed by atoms with van der Waals surface area (Å²) in [5.41, 5.74) is 8.51. The number of hydrogen-bond acceptors (Lipinski definition) is 2. The Morgan fingerprint density at radius 1 is 1.46 bits per heavy atom. The summed E-state index contributed by atoms with van der Waals surface area (Å²) < 4.78 is 5.64. The Morgan fingerprint density at radius 2 is 2.23 bits per heavy atom. The standard InChI is InChI=1S/C11H15NO/c1-8(12)11-10-5-3-2-4-9(10)6-7-13-11/h2-5,8,11H,6-7,12H2,1H3/t8-,11?/m1/s1. The highest BCUT2D eigenvalue weighted by atomic mass is 16.5. The molecule has 0 saturated heterocycles. The average Bonchev–Trinajstić information content (AvgIpc) is 2.17. The molecule has 1 aliphatic rings. The molecule has 1 heterocycles. The SMILES string of the molecule is C[C@@H](N)C1OCCc2ccccc21. The first-order valence-corrected chi connectivity index (χ1v) is 4.74. The summed E-state index contributed by atoms with van der Waals surface area (Å²) in [4.78, 5) is 0. The van der Waals surface area contributed by atoms with Crippen LogP contribution in [0.15, 0.2) is 24.3 Å². The Morgan fingerprint density at radius 3 is 3.00 bits per heavy atom. The zero-order valence-corrected chi connectivity index (χ0v) is 7.86. The number of ether oxygens (including phenoxy) is 1. The lowest BCUT2D eigenvalue weighted by Crippen LogP contribution is -2.31. The molecule has 2 nitrogen and oxygen atoms in total. The Balaban J connectivity index is 2.37. The van der Waals surface area contributed by atoms with E-state index in [1.54, 1.807) is 0 Å². The van der Waals surface area contributed by atoms with Crippen LogP contribution >= 0.6 is 0 Å². The highest BCUT2D eigenvalue weighted by Crippen LogP contribution is 2.28. The van der Waals surface area contributed by atoms with E-state index in [0.29, 0.717) is 0 Å². The maximum atomic E-state index is 5.86. The number of hydrogen-bond donors (Lipinski definition) is 1. The normalized spacial score (nSPS) is 23.7. The van der Waals surface area contributed by atoms with Gasteiger partial charge in [0.15, 0.2) is 0 Å². The zero-order valence-electron chi connectivity index (χ0n) is 7.86. The number of nitrogens with two attached hydrogens (primary N) is 1. The van der Waals surface area contributed by atoms with Crippen molar-refractivity contribution in [2.75, 3.05) is 6.61 Å². The predicted octanol–water partition coefficient (Wildman–Crippen LogP) is 1.65. The summed E-state index contributed by atoms with van der Waals surface area (Å²) in [5.74, 6) is 0. The van der Waals surface area contributed by atoms with Gasteiger partial charge in [-0.1, -0.05) is 24.3 Å². The number of rotatable bonds is 1. The quantitative estimate of drug-likeness (QED) is 0.708. The first kappa shape index (κ1) is 8.73. The minimum Gasteiger partial charge on any atom is -0.372 e. The lowest BCUT2D eigenvalue weighted by Gasteiger charge is -2.28. The minimum absolute atomic E-state index is 0.0708. The van der Waals surface area contributed by atoms with E-state index in [1.165, 1.54) is 11.1 Å². The molecule has 2 rings (SSSR count). The zero-order chi connectivity index (χ0) is 9.26. The van der Waals surface area contributed by atoms with Gasteiger partial charge in [0.25, 0.3) is 0 Å². The van der Waals surface area contributed by atoms with Gasteiger partial charge in [-0.15, -0.1) is 0 Å². The number of fused-ring (bicyclic) bond motifs is 1. The molecule has 0 aromatic heterocycles. The molecule has 2 atom stereocenters. The van der Waals surface area contributed by atoms with Crippen LogP contribution in [0.4, 0.5) is 0 Å². The predicted molar refractivity (Wildman–Crippen MR) is 52.5 cm³/mol. The summed E-state index contributed by atoms with van der Waals surface area (Å²) in [6, 6.07) is 8.46. The summed E-state index contributed by atoms with van der Waals surface area (Å²) >= 11 is 0. The van der Waals surface area contributed by atoms with E-state index in [0.717, 1.165) is 13.0 Å². The third-order valence-electron chi connectivity index (χ3n) is 2.51. The van der Waals surface area contributed by atoms with Crippen LogP contribution in [0.5, 0.6) is 0 Å². The molecule has 2 N–H and O–H groups in total. The van der Waals surface area contributed by atoms with Crippen molar-refractivity contribution in [3.63, 3.8) is 0 Å². The Kier molecular flexibility index (Phi) is 2.34. The highest BCUT2D eigenvalue weighted by molar-refractivity contribution is 5.31. The van der Waals surface area contributed by atoms with Crippen LogP contribution in [-0.4, -0.2) is 12.6 Å². The van der Waals surface area contributed by atoms with Crippen LogP contribution in [0.3, 0.4) is 0 Å². The molecular formula is C11H15NO. The number of benzene rings is 1. The Hall–Kier alpha value is -0.860. The molecule has 0 saturated carbocycles. The van der Waals surface area contributed by atoms with Crippen LogP contribution in [-0.2, 0) is 11.2 Å².